The first-order valence-electron chi connectivity index (χ1n) is 9.84. The second-order valence-corrected chi connectivity index (χ2v) is 10.2. The molecule has 1 amide bonds. The minimum Gasteiger partial charge on any atom is -0.337 e. The standard InChI is InChI=1S/C23H27Br2FN2O/c1-22(2,17-12-18(24)14-19(25)13-17)28(3)21(29)15-23(8-10-27-11-9-23)16-4-6-20(26)7-5-16/h4-7,12-14,27H,8-11,15H2,1-3H3. The molecule has 1 N–H and O–H groups in total. The lowest BCUT2D eigenvalue weighted by Crippen LogP contribution is -2.48. The van der Waals surface area contributed by atoms with Crippen LogP contribution in [0.1, 0.15) is 44.2 Å². The number of piperidine rings is 1. The molecule has 0 radical (unpaired) electrons. The molecule has 1 heterocycles. The number of halogens is 3. The van der Waals surface area contributed by atoms with Crippen LogP contribution in [-0.2, 0) is 15.7 Å². The molecule has 0 spiro atoms. The quantitative estimate of drug-likeness (QED) is 0.538. The van der Waals surface area contributed by atoms with Gasteiger partial charge in [-0.15, -0.1) is 0 Å². The molecular formula is C23H27Br2FN2O. The third-order valence-electron chi connectivity index (χ3n) is 6.29. The fourth-order valence-electron chi connectivity index (χ4n) is 4.10. The van der Waals surface area contributed by atoms with Crippen molar-refractivity contribution in [2.24, 2.45) is 0 Å². The molecule has 1 aliphatic heterocycles. The number of carbonyl (C=O) groups is 1. The van der Waals surface area contributed by atoms with Gasteiger partial charge in [-0.3, -0.25) is 4.79 Å². The molecule has 29 heavy (non-hydrogen) atoms. The number of rotatable bonds is 5. The van der Waals surface area contributed by atoms with Crippen molar-refractivity contribution in [2.45, 2.75) is 44.1 Å². The zero-order valence-electron chi connectivity index (χ0n) is 17.1. The summed E-state index contributed by atoms with van der Waals surface area (Å²) in [6, 6.07) is 12.8. The smallest absolute Gasteiger partial charge is 0.223 e. The number of benzene rings is 2. The molecule has 0 saturated carbocycles. The number of hydrogen-bond acceptors (Lipinski definition) is 2. The summed E-state index contributed by atoms with van der Waals surface area (Å²) in [6.07, 6.45) is 2.14. The van der Waals surface area contributed by atoms with Gasteiger partial charge < -0.3 is 10.2 Å². The van der Waals surface area contributed by atoms with Crippen molar-refractivity contribution in [3.05, 3.63) is 68.4 Å². The Labute approximate surface area is 189 Å². The Morgan fingerprint density at radius 3 is 2.21 bits per heavy atom. The minimum atomic E-state index is -0.472. The van der Waals surface area contributed by atoms with Gasteiger partial charge in [0.15, 0.2) is 0 Å². The number of nitrogens with zero attached hydrogens (tertiary/aromatic N) is 1. The summed E-state index contributed by atoms with van der Waals surface area (Å²) in [5, 5.41) is 3.38. The fraction of sp³-hybridized carbons (Fsp3) is 0.435. The van der Waals surface area contributed by atoms with Gasteiger partial charge in [0.25, 0.3) is 0 Å². The Balaban J connectivity index is 1.88. The van der Waals surface area contributed by atoms with Crippen LogP contribution in [0, 0.1) is 5.82 Å². The van der Waals surface area contributed by atoms with E-state index in [4.69, 9.17) is 0 Å². The first kappa shape index (κ1) is 22.4. The zero-order chi connectivity index (χ0) is 21.2. The number of hydrogen-bond donors (Lipinski definition) is 1. The Kier molecular flexibility index (Phi) is 6.86. The summed E-state index contributed by atoms with van der Waals surface area (Å²) in [7, 11) is 1.87. The number of amides is 1. The maximum atomic E-state index is 13.5. The van der Waals surface area contributed by atoms with E-state index in [2.05, 4.69) is 63.2 Å². The Morgan fingerprint density at radius 1 is 1.10 bits per heavy atom. The predicted octanol–water partition coefficient (Wildman–Crippen LogP) is 5.76. The van der Waals surface area contributed by atoms with Crippen LogP contribution in [0.4, 0.5) is 4.39 Å². The molecule has 1 aliphatic rings. The maximum absolute atomic E-state index is 13.5. The third-order valence-corrected chi connectivity index (χ3v) is 7.20. The molecule has 0 atom stereocenters. The molecule has 0 aliphatic carbocycles. The molecule has 2 aromatic rings. The molecule has 0 aromatic heterocycles. The van der Waals surface area contributed by atoms with E-state index in [0.717, 1.165) is 46.0 Å². The lowest BCUT2D eigenvalue weighted by Gasteiger charge is -2.42. The highest BCUT2D eigenvalue weighted by molar-refractivity contribution is 9.11. The molecular weight excluding hydrogens is 499 g/mol. The highest BCUT2D eigenvalue weighted by atomic mass is 79.9. The van der Waals surface area contributed by atoms with E-state index in [0.29, 0.717) is 6.42 Å². The lowest BCUT2D eigenvalue weighted by atomic mass is 9.70. The van der Waals surface area contributed by atoms with E-state index in [1.54, 1.807) is 0 Å². The summed E-state index contributed by atoms with van der Waals surface area (Å²) in [5.41, 5.74) is 1.36. The van der Waals surface area contributed by atoms with E-state index < -0.39 is 5.54 Å². The second-order valence-electron chi connectivity index (χ2n) is 8.38. The van der Waals surface area contributed by atoms with Gasteiger partial charge in [0.05, 0.1) is 5.54 Å². The van der Waals surface area contributed by atoms with Crippen LogP contribution in [0.25, 0.3) is 0 Å². The average Bonchev–Trinajstić information content (AvgIpc) is 2.67. The molecule has 3 nitrogen and oxygen atoms in total. The van der Waals surface area contributed by atoms with Crippen LogP contribution in [0.3, 0.4) is 0 Å². The van der Waals surface area contributed by atoms with Gasteiger partial charge in [-0.05, 0) is 81.2 Å². The van der Waals surface area contributed by atoms with Crippen LogP contribution in [-0.4, -0.2) is 30.9 Å². The molecule has 3 rings (SSSR count). The summed E-state index contributed by atoms with van der Waals surface area (Å²) >= 11 is 7.09. The van der Waals surface area contributed by atoms with Crippen molar-refractivity contribution in [2.75, 3.05) is 20.1 Å². The van der Waals surface area contributed by atoms with Gasteiger partial charge in [0, 0.05) is 27.8 Å². The summed E-state index contributed by atoms with van der Waals surface area (Å²) < 4.78 is 15.4. The largest absolute Gasteiger partial charge is 0.337 e. The van der Waals surface area contributed by atoms with Crippen LogP contribution < -0.4 is 5.32 Å². The number of carbonyl (C=O) groups excluding carboxylic acids is 1. The Morgan fingerprint density at radius 2 is 1.66 bits per heavy atom. The maximum Gasteiger partial charge on any atom is 0.223 e. The van der Waals surface area contributed by atoms with E-state index in [-0.39, 0.29) is 17.1 Å². The van der Waals surface area contributed by atoms with E-state index in [1.807, 2.05) is 30.1 Å². The monoisotopic (exact) mass is 524 g/mol. The predicted molar refractivity (Wildman–Crippen MR) is 122 cm³/mol. The summed E-state index contributed by atoms with van der Waals surface area (Å²) in [5.74, 6) is -0.153. The van der Waals surface area contributed by atoms with Gasteiger partial charge >= 0.3 is 0 Å². The van der Waals surface area contributed by atoms with E-state index >= 15 is 0 Å². The van der Waals surface area contributed by atoms with Crippen molar-refractivity contribution in [1.82, 2.24) is 10.2 Å². The van der Waals surface area contributed by atoms with Crippen LogP contribution in [0.2, 0.25) is 0 Å². The van der Waals surface area contributed by atoms with Gasteiger partial charge in [-0.25, -0.2) is 4.39 Å². The highest BCUT2D eigenvalue weighted by Gasteiger charge is 2.39. The molecule has 0 unspecified atom stereocenters. The highest BCUT2D eigenvalue weighted by Crippen LogP contribution is 2.39. The number of nitrogens with one attached hydrogen (secondary N) is 1. The molecule has 2 aromatic carbocycles. The molecule has 0 bridgehead atoms. The molecule has 1 saturated heterocycles. The van der Waals surface area contributed by atoms with E-state index in [9.17, 15) is 9.18 Å². The second kappa shape index (κ2) is 8.86. The van der Waals surface area contributed by atoms with Gasteiger partial charge in [-0.2, -0.15) is 0 Å². The van der Waals surface area contributed by atoms with Crippen LogP contribution in [0.15, 0.2) is 51.4 Å². The molecule has 156 valence electrons. The van der Waals surface area contributed by atoms with Crippen LogP contribution in [0.5, 0.6) is 0 Å². The lowest BCUT2D eigenvalue weighted by molar-refractivity contribution is -0.136. The minimum absolute atomic E-state index is 0.0947. The van der Waals surface area contributed by atoms with Crippen molar-refractivity contribution >= 4 is 37.8 Å². The summed E-state index contributed by atoms with van der Waals surface area (Å²) in [6.45, 7) is 5.84. The van der Waals surface area contributed by atoms with Crippen molar-refractivity contribution in [1.29, 1.82) is 0 Å². The van der Waals surface area contributed by atoms with Gasteiger partial charge in [-0.1, -0.05) is 44.0 Å². The first-order chi connectivity index (χ1) is 13.6. The third kappa shape index (κ3) is 4.92. The van der Waals surface area contributed by atoms with Gasteiger partial charge in [0.2, 0.25) is 5.91 Å². The topological polar surface area (TPSA) is 32.3 Å². The normalized spacial score (nSPS) is 16.5. The van der Waals surface area contributed by atoms with Gasteiger partial charge in [0.1, 0.15) is 5.82 Å². The van der Waals surface area contributed by atoms with Crippen molar-refractivity contribution < 1.29 is 9.18 Å². The van der Waals surface area contributed by atoms with Crippen LogP contribution >= 0.6 is 31.9 Å². The molecule has 1 fully saturated rings. The van der Waals surface area contributed by atoms with E-state index in [1.165, 1.54) is 12.1 Å². The fourth-order valence-corrected chi connectivity index (χ4v) is 5.39. The Bertz CT molecular complexity index is 857. The SMILES string of the molecule is CN(C(=O)CC1(c2ccc(F)cc2)CCNCC1)C(C)(C)c1cc(Br)cc(Br)c1. The average molecular weight is 526 g/mol. The Hall–Kier alpha value is -1.24. The molecule has 6 heteroatoms. The first-order valence-corrected chi connectivity index (χ1v) is 11.4. The summed E-state index contributed by atoms with van der Waals surface area (Å²) in [4.78, 5) is 15.3. The van der Waals surface area contributed by atoms with Crippen molar-refractivity contribution in [3.8, 4) is 0 Å². The van der Waals surface area contributed by atoms with Crippen molar-refractivity contribution in [3.63, 3.8) is 0 Å². The zero-order valence-corrected chi connectivity index (χ0v) is 20.2.